The van der Waals surface area contributed by atoms with E-state index in [-0.39, 0.29) is 12.5 Å². The molecule has 5 nitrogen and oxygen atoms in total. The lowest BCUT2D eigenvalue weighted by Crippen LogP contribution is -2.35. The van der Waals surface area contributed by atoms with Gasteiger partial charge in [-0.3, -0.25) is 9.59 Å². The van der Waals surface area contributed by atoms with Gasteiger partial charge in [0.2, 0.25) is 0 Å². The molecule has 0 bridgehead atoms. The van der Waals surface area contributed by atoms with Crippen molar-refractivity contribution in [2.24, 2.45) is 5.41 Å². The summed E-state index contributed by atoms with van der Waals surface area (Å²) in [5.41, 5.74) is -0.400. The standard InChI is InChI=1S/C11H14N2O3S/c1-7-12-8(5-17-7)9(14)13-4-3-11(2,6-13)10(15)16/h5H,3-4,6H2,1-2H3,(H,15,16). The van der Waals surface area contributed by atoms with Crippen LogP contribution in [0.15, 0.2) is 5.38 Å². The number of nitrogens with zero attached hydrogens (tertiary/aromatic N) is 2. The maximum absolute atomic E-state index is 12.0. The highest BCUT2D eigenvalue weighted by atomic mass is 32.1. The Hall–Kier alpha value is -1.43. The van der Waals surface area contributed by atoms with Crippen LogP contribution in [0, 0.1) is 12.3 Å². The quantitative estimate of drug-likeness (QED) is 0.865. The van der Waals surface area contributed by atoms with Crippen molar-refractivity contribution in [2.75, 3.05) is 13.1 Å². The van der Waals surface area contributed by atoms with Crippen LogP contribution in [0.1, 0.15) is 28.8 Å². The van der Waals surface area contributed by atoms with Gasteiger partial charge < -0.3 is 10.0 Å². The zero-order chi connectivity index (χ0) is 12.6. The number of carboxylic acid groups (broad SMARTS) is 1. The monoisotopic (exact) mass is 254 g/mol. The molecule has 1 aliphatic heterocycles. The molecule has 1 aromatic rings. The number of hydrogen-bond donors (Lipinski definition) is 1. The van der Waals surface area contributed by atoms with E-state index in [0.717, 1.165) is 5.01 Å². The molecule has 1 N–H and O–H groups in total. The fourth-order valence-electron chi connectivity index (χ4n) is 1.93. The Bertz CT molecular complexity index is 471. The Kier molecular flexibility index (Phi) is 2.91. The van der Waals surface area contributed by atoms with Crippen molar-refractivity contribution in [2.45, 2.75) is 20.3 Å². The summed E-state index contributed by atoms with van der Waals surface area (Å²) >= 11 is 1.42. The van der Waals surface area contributed by atoms with Crippen LogP contribution >= 0.6 is 11.3 Å². The molecule has 0 spiro atoms. The molecule has 2 heterocycles. The highest BCUT2D eigenvalue weighted by Crippen LogP contribution is 2.31. The lowest BCUT2D eigenvalue weighted by atomic mass is 9.90. The van der Waals surface area contributed by atoms with Crippen LogP contribution in [0.4, 0.5) is 0 Å². The number of rotatable bonds is 2. The minimum Gasteiger partial charge on any atom is -0.481 e. The molecule has 92 valence electrons. The number of carboxylic acids is 1. The van der Waals surface area contributed by atoms with Crippen LogP contribution in [0.2, 0.25) is 0 Å². The molecular weight excluding hydrogens is 240 g/mol. The van der Waals surface area contributed by atoms with Gasteiger partial charge in [0.1, 0.15) is 5.69 Å². The van der Waals surface area contributed by atoms with Crippen molar-refractivity contribution < 1.29 is 14.7 Å². The van der Waals surface area contributed by atoms with Crippen LogP contribution in [0.3, 0.4) is 0 Å². The summed E-state index contributed by atoms with van der Waals surface area (Å²) in [6, 6.07) is 0. The number of aromatic nitrogens is 1. The summed E-state index contributed by atoms with van der Waals surface area (Å²) in [5, 5.41) is 11.7. The van der Waals surface area contributed by atoms with E-state index in [9.17, 15) is 9.59 Å². The molecule has 1 fully saturated rings. The van der Waals surface area contributed by atoms with Gasteiger partial charge >= 0.3 is 5.97 Å². The third kappa shape index (κ3) is 2.17. The van der Waals surface area contributed by atoms with Crippen LogP contribution < -0.4 is 0 Å². The molecule has 0 aliphatic carbocycles. The highest BCUT2D eigenvalue weighted by molar-refractivity contribution is 7.09. The van der Waals surface area contributed by atoms with E-state index in [4.69, 9.17) is 5.11 Å². The van der Waals surface area contributed by atoms with Gasteiger partial charge in [-0.25, -0.2) is 4.98 Å². The molecule has 1 unspecified atom stereocenters. The fourth-order valence-corrected chi connectivity index (χ4v) is 2.52. The maximum Gasteiger partial charge on any atom is 0.311 e. The number of carbonyl (C=O) groups is 2. The van der Waals surface area contributed by atoms with E-state index in [0.29, 0.717) is 18.7 Å². The Morgan fingerprint density at radius 3 is 2.76 bits per heavy atom. The first kappa shape index (κ1) is 12.0. The lowest BCUT2D eigenvalue weighted by molar-refractivity contribution is -0.147. The van der Waals surface area contributed by atoms with Gasteiger partial charge in [0, 0.05) is 18.5 Å². The number of aryl methyl sites for hydroxylation is 1. The molecule has 0 aromatic carbocycles. The number of aliphatic carboxylic acids is 1. The smallest absolute Gasteiger partial charge is 0.311 e. The van der Waals surface area contributed by atoms with E-state index < -0.39 is 11.4 Å². The zero-order valence-corrected chi connectivity index (χ0v) is 10.6. The van der Waals surface area contributed by atoms with Gasteiger partial charge in [0.25, 0.3) is 5.91 Å². The van der Waals surface area contributed by atoms with E-state index in [1.54, 1.807) is 17.2 Å². The summed E-state index contributed by atoms with van der Waals surface area (Å²) in [7, 11) is 0. The molecule has 2 rings (SSSR count). The number of likely N-dealkylation sites (tertiary alicyclic amines) is 1. The molecular formula is C11H14N2O3S. The second-order valence-electron chi connectivity index (χ2n) is 4.59. The molecule has 1 saturated heterocycles. The third-order valence-electron chi connectivity index (χ3n) is 3.11. The zero-order valence-electron chi connectivity index (χ0n) is 9.77. The van der Waals surface area contributed by atoms with Crippen molar-refractivity contribution in [1.29, 1.82) is 0 Å². The maximum atomic E-state index is 12.0. The summed E-state index contributed by atoms with van der Waals surface area (Å²) in [4.78, 5) is 28.8. The Morgan fingerprint density at radius 2 is 2.29 bits per heavy atom. The molecule has 1 aliphatic rings. The first-order valence-electron chi connectivity index (χ1n) is 5.37. The van der Waals surface area contributed by atoms with Gasteiger partial charge in [0.15, 0.2) is 0 Å². The second kappa shape index (κ2) is 4.10. The van der Waals surface area contributed by atoms with Crippen LogP contribution in [-0.2, 0) is 4.79 Å². The van der Waals surface area contributed by atoms with Crippen molar-refractivity contribution in [3.8, 4) is 0 Å². The number of thiazole rings is 1. The Morgan fingerprint density at radius 1 is 1.59 bits per heavy atom. The molecule has 6 heteroatoms. The highest BCUT2D eigenvalue weighted by Gasteiger charge is 2.42. The van der Waals surface area contributed by atoms with Gasteiger partial charge in [-0.05, 0) is 20.3 Å². The topological polar surface area (TPSA) is 70.5 Å². The van der Waals surface area contributed by atoms with Crippen molar-refractivity contribution in [3.63, 3.8) is 0 Å². The van der Waals surface area contributed by atoms with Gasteiger partial charge in [-0.15, -0.1) is 11.3 Å². The summed E-state index contributed by atoms with van der Waals surface area (Å²) in [6.45, 7) is 4.26. The summed E-state index contributed by atoms with van der Waals surface area (Å²) < 4.78 is 0. The first-order chi connectivity index (χ1) is 7.92. The average molecular weight is 254 g/mol. The fraction of sp³-hybridized carbons (Fsp3) is 0.545. The van der Waals surface area contributed by atoms with Gasteiger partial charge in [-0.2, -0.15) is 0 Å². The van der Waals surface area contributed by atoms with Crippen molar-refractivity contribution >= 4 is 23.2 Å². The molecule has 1 amide bonds. The minimum absolute atomic E-state index is 0.167. The van der Waals surface area contributed by atoms with Crippen molar-refractivity contribution in [3.05, 3.63) is 16.1 Å². The van der Waals surface area contributed by atoms with Crippen molar-refractivity contribution in [1.82, 2.24) is 9.88 Å². The molecule has 1 aromatic heterocycles. The second-order valence-corrected chi connectivity index (χ2v) is 5.66. The lowest BCUT2D eigenvalue weighted by Gasteiger charge is -2.19. The predicted octanol–water partition coefficient (Wildman–Crippen LogP) is 1.39. The SMILES string of the molecule is Cc1nc(C(=O)N2CCC(C)(C(=O)O)C2)cs1. The van der Waals surface area contributed by atoms with E-state index in [1.807, 2.05) is 6.92 Å². The first-order valence-corrected chi connectivity index (χ1v) is 6.25. The third-order valence-corrected chi connectivity index (χ3v) is 3.89. The van der Waals surface area contributed by atoms with Gasteiger partial charge in [0.05, 0.1) is 10.4 Å². The Balaban J connectivity index is 2.11. The number of hydrogen-bond acceptors (Lipinski definition) is 4. The van der Waals surface area contributed by atoms with Gasteiger partial charge in [-0.1, -0.05) is 0 Å². The van der Waals surface area contributed by atoms with Crippen LogP contribution in [0.5, 0.6) is 0 Å². The minimum atomic E-state index is -0.845. The summed E-state index contributed by atoms with van der Waals surface area (Å²) in [5.74, 6) is -1.01. The largest absolute Gasteiger partial charge is 0.481 e. The van der Waals surface area contributed by atoms with Crippen LogP contribution in [-0.4, -0.2) is 40.0 Å². The van der Waals surface area contributed by atoms with E-state index in [2.05, 4.69) is 4.98 Å². The normalized spacial score (nSPS) is 24.0. The van der Waals surface area contributed by atoms with E-state index >= 15 is 0 Å². The predicted molar refractivity (Wildman–Crippen MR) is 63.1 cm³/mol. The Labute approximate surface area is 103 Å². The van der Waals surface area contributed by atoms with E-state index in [1.165, 1.54) is 11.3 Å². The molecule has 17 heavy (non-hydrogen) atoms. The summed E-state index contributed by atoms with van der Waals surface area (Å²) in [6.07, 6.45) is 0.497. The number of amides is 1. The molecule has 0 saturated carbocycles. The van der Waals surface area contributed by atoms with Crippen LogP contribution in [0.25, 0.3) is 0 Å². The average Bonchev–Trinajstić information content (AvgIpc) is 2.85. The number of carbonyl (C=O) groups excluding carboxylic acids is 1. The molecule has 1 atom stereocenters. The molecule has 0 radical (unpaired) electrons.